The fourth-order valence-corrected chi connectivity index (χ4v) is 1.36. The smallest absolute Gasteiger partial charge is 0.269 e. The average Bonchev–Trinajstić information content (AvgIpc) is 2.27. The Hall–Kier alpha value is -1.46. The first-order valence-corrected chi connectivity index (χ1v) is 4.94. The minimum Gasteiger partial charge on any atom is -0.386 e. The number of aliphatic hydroxyl groups is 1. The third kappa shape index (κ3) is 2.77. The number of hydrogen-bond acceptors (Lipinski definition) is 4. The van der Waals surface area contributed by atoms with Gasteiger partial charge >= 0.3 is 0 Å². The molecule has 0 aliphatic rings. The summed E-state index contributed by atoms with van der Waals surface area (Å²) < 4.78 is 0. The Morgan fingerprint density at radius 3 is 2.69 bits per heavy atom. The Labute approximate surface area is 96.8 Å². The quantitative estimate of drug-likeness (QED) is 0.497. The molecule has 2 atom stereocenters. The molecule has 0 bridgehead atoms. The maximum Gasteiger partial charge on any atom is 0.269 e. The van der Waals surface area contributed by atoms with E-state index in [9.17, 15) is 20.0 Å². The maximum atomic E-state index is 11.0. The molecule has 6 heteroatoms. The summed E-state index contributed by atoms with van der Waals surface area (Å²) in [6, 6.07) is 5.41. The van der Waals surface area contributed by atoms with E-state index in [0.717, 1.165) is 0 Å². The Bertz CT molecular complexity index is 421. The molecule has 0 fully saturated rings. The van der Waals surface area contributed by atoms with Crippen LogP contribution in [-0.2, 0) is 4.79 Å². The number of Topliss-reactive ketones (excluding diaryl/α,β-unsaturated/α-hetero) is 1. The van der Waals surface area contributed by atoms with E-state index in [1.165, 1.54) is 31.2 Å². The molecule has 0 aromatic heterocycles. The van der Waals surface area contributed by atoms with Gasteiger partial charge in [-0.1, -0.05) is 12.1 Å². The fraction of sp³-hybridized carbons (Fsp3) is 0.300. The monoisotopic (exact) mass is 243 g/mol. The lowest BCUT2D eigenvalue weighted by atomic mass is 10.0. The molecule has 1 aromatic carbocycles. The third-order valence-corrected chi connectivity index (χ3v) is 2.63. The van der Waals surface area contributed by atoms with E-state index in [0.29, 0.717) is 0 Å². The number of hydrogen-bond donors (Lipinski definition) is 1. The van der Waals surface area contributed by atoms with Crippen LogP contribution < -0.4 is 0 Å². The number of non-ortho nitro benzene ring substituents is 1. The van der Waals surface area contributed by atoms with Crippen LogP contribution in [0.15, 0.2) is 24.3 Å². The lowest BCUT2D eigenvalue weighted by Gasteiger charge is -2.14. The number of aliphatic hydroxyl groups excluding tert-OH is 1. The zero-order valence-electron chi connectivity index (χ0n) is 8.46. The minimum absolute atomic E-state index is 0.149. The highest BCUT2D eigenvalue weighted by Gasteiger charge is 2.23. The van der Waals surface area contributed by atoms with E-state index in [-0.39, 0.29) is 17.0 Å². The van der Waals surface area contributed by atoms with Crippen molar-refractivity contribution in [1.29, 1.82) is 0 Å². The molecule has 0 heterocycles. The summed E-state index contributed by atoms with van der Waals surface area (Å²) in [7, 11) is 0. The predicted molar refractivity (Wildman–Crippen MR) is 58.4 cm³/mol. The van der Waals surface area contributed by atoms with Gasteiger partial charge in [-0.2, -0.15) is 0 Å². The topological polar surface area (TPSA) is 80.4 Å². The summed E-state index contributed by atoms with van der Waals surface area (Å²) in [5.41, 5.74) is 0.105. The van der Waals surface area contributed by atoms with Crippen LogP contribution in [0.3, 0.4) is 0 Å². The van der Waals surface area contributed by atoms with Gasteiger partial charge in [0.1, 0.15) is 11.5 Å². The van der Waals surface area contributed by atoms with Crippen molar-refractivity contribution in [3.8, 4) is 0 Å². The predicted octanol–water partition coefficient (Wildman–Crippen LogP) is 1.82. The number of nitro groups is 1. The van der Waals surface area contributed by atoms with Crippen molar-refractivity contribution in [3.05, 3.63) is 39.9 Å². The summed E-state index contributed by atoms with van der Waals surface area (Å²) in [5, 5.41) is 19.1. The number of alkyl halides is 1. The van der Waals surface area contributed by atoms with Crippen molar-refractivity contribution in [1.82, 2.24) is 0 Å². The molecular formula is C10H10ClNO4. The number of rotatable bonds is 4. The van der Waals surface area contributed by atoms with E-state index in [1.807, 2.05) is 0 Å². The highest BCUT2D eigenvalue weighted by Crippen LogP contribution is 2.24. The van der Waals surface area contributed by atoms with E-state index in [4.69, 9.17) is 11.6 Å². The van der Waals surface area contributed by atoms with Crippen LogP contribution in [-0.4, -0.2) is 21.2 Å². The zero-order chi connectivity index (χ0) is 12.3. The van der Waals surface area contributed by atoms with Crippen LogP contribution in [0, 0.1) is 10.1 Å². The summed E-state index contributed by atoms with van der Waals surface area (Å²) in [6.45, 7) is 1.25. The Morgan fingerprint density at radius 1 is 1.56 bits per heavy atom. The summed E-state index contributed by atoms with van der Waals surface area (Å²) >= 11 is 5.66. The molecule has 1 N–H and O–H groups in total. The first-order chi connectivity index (χ1) is 7.43. The normalized spacial score (nSPS) is 14.2. The molecule has 0 saturated carbocycles. The van der Waals surface area contributed by atoms with Gasteiger partial charge in [0.2, 0.25) is 0 Å². The van der Waals surface area contributed by atoms with Crippen LogP contribution in [0.2, 0.25) is 0 Å². The molecule has 0 aliphatic heterocycles. The van der Waals surface area contributed by atoms with Gasteiger partial charge in [-0.3, -0.25) is 14.9 Å². The fourth-order valence-electron chi connectivity index (χ4n) is 1.21. The van der Waals surface area contributed by atoms with E-state index in [1.54, 1.807) is 0 Å². The Balaban J connectivity index is 3.00. The lowest BCUT2D eigenvalue weighted by Crippen LogP contribution is -2.20. The van der Waals surface area contributed by atoms with Crippen molar-refractivity contribution >= 4 is 23.1 Å². The van der Waals surface area contributed by atoms with Gasteiger partial charge in [0, 0.05) is 12.1 Å². The van der Waals surface area contributed by atoms with Gasteiger partial charge in [0.25, 0.3) is 5.69 Å². The largest absolute Gasteiger partial charge is 0.386 e. The van der Waals surface area contributed by atoms with Crippen molar-refractivity contribution in [3.63, 3.8) is 0 Å². The number of halogens is 1. The van der Waals surface area contributed by atoms with Crippen molar-refractivity contribution in [2.24, 2.45) is 0 Å². The number of benzene rings is 1. The molecule has 0 spiro atoms. The van der Waals surface area contributed by atoms with Crippen LogP contribution >= 0.6 is 11.6 Å². The third-order valence-electron chi connectivity index (χ3n) is 2.09. The highest BCUT2D eigenvalue weighted by atomic mass is 35.5. The van der Waals surface area contributed by atoms with Gasteiger partial charge in [0.15, 0.2) is 5.78 Å². The Morgan fingerprint density at radius 2 is 2.19 bits per heavy atom. The summed E-state index contributed by atoms with van der Waals surface area (Å²) in [6.07, 6.45) is -1.24. The number of nitrogens with zero attached hydrogens (tertiary/aromatic N) is 1. The number of carbonyl (C=O) groups excluding carboxylic acids is 1. The molecule has 16 heavy (non-hydrogen) atoms. The second-order valence-electron chi connectivity index (χ2n) is 3.31. The maximum absolute atomic E-state index is 11.0. The standard InChI is InChI=1S/C10H10ClNO4/c1-6(13)9(11)10(14)7-3-2-4-8(5-7)12(15)16/h2-5,9-10,14H,1H3/t9-,10-/m0/s1. The van der Waals surface area contributed by atoms with Gasteiger partial charge < -0.3 is 5.11 Å². The number of nitro benzene ring substituents is 1. The van der Waals surface area contributed by atoms with Gasteiger partial charge in [-0.25, -0.2) is 0 Å². The van der Waals surface area contributed by atoms with Gasteiger partial charge in [0.05, 0.1) is 4.92 Å². The second-order valence-corrected chi connectivity index (χ2v) is 3.78. The molecule has 0 unspecified atom stereocenters. The molecule has 0 aliphatic carbocycles. The molecule has 1 aromatic rings. The number of ketones is 1. The van der Waals surface area contributed by atoms with Crippen molar-refractivity contribution in [2.45, 2.75) is 18.4 Å². The first kappa shape index (κ1) is 12.6. The van der Waals surface area contributed by atoms with Crippen molar-refractivity contribution < 1.29 is 14.8 Å². The van der Waals surface area contributed by atoms with E-state index in [2.05, 4.69) is 0 Å². The van der Waals surface area contributed by atoms with E-state index >= 15 is 0 Å². The van der Waals surface area contributed by atoms with Gasteiger partial charge in [-0.15, -0.1) is 11.6 Å². The molecule has 0 saturated heterocycles. The van der Waals surface area contributed by atoms with Crippen LogP contribution in [0.4, 0.5) is 5.69 Å². The average molecular weight is 244 g/mol. The molecule has 86 valence electrons. The van der Waals surface area contributed by atoms with Crippen LogP contribution in [0.25, 0.3) is 0 Å². The summed E-state index contributed by atoms with van der Waals surface area (Å²) in [5.74, 6) is -0.388. The van der Waals surface area contributed by atoms with Crippen LogP contribution in [0.1, 0.15) is 18.6 Å². The molecular weight excluding hydrogens is 234 g/mol. The van der Waals surface area contributed by atoms with E-state index < -0.39 is 16.4 Å². The zero-order valence-corrected chi connectivity index (χ0v) is 9.22. The summed E-state index contributed by atoms with van der Waals surface area (Å²) in [4.78, 5) is 20.9. The second kappa shape index (κ2) is 5.05. The molecule has 1 rings (SSSR count). The van der Waals surface area contributed by atoms with Crippen molar-refractivity contribution in [2.75, 3.05) is 0 Å². The lowest BCUT2D eigenvalue weighted by molar-refractivity contribution is -0.385. The first-order valence-electron chi connectivity index (χ1n) is 4.50. The SMILES string of the molecule is CC(=O)[C@H](Cl)[C@@H](O)c1cccc([N+](=O)[O-])c1. The molecule has 0 amide bonds. The number of carbonyl (C=O) groups is 1. The highest BCUT2D eigenvalue weighted by molar-refractivity contribution is 6.31. The Kier molecular flexibility index (Phi) is 3.98. The molecule has 5 nitrogen and oxygen atoms in total. The van der Waals surface area contributed by atoms with Crippen LogP contribution in [0.5, 0.6) is 0 Å². The minimum atomic E-state index is -1.24. The van der Waals surface area contributed by atoms with Gasteiger partial charge in [-0.05, 0) is 12.5 Å². The molecule has 0 radical (unpaired) electrons.